The number of nitrogen functional groups attached to an aromatic ring is 1. The van der Waals surface area contributed by atoms with E-state index in [1.54, 1.807) is 0 Å². The number of anilines is 1. The van der Waals surface area contributed by atoms with Crippen molar-refractivity contribution in [3.05, 3.63) is 18.0 Å². The lowest BCUT2D eigenvalue weighted by molar-refractivity contribution is 0.0145. The highest BCUT2D eigenvalue weighted by molar-refractivity contribution is 6.17. The van der Waals surface area contributed by atoms with Gasteiger partial charge in [0.1, 0.15) is 6.10 Å². The number of nitrogens with zero attached hydrogens (tertiary/aromatic N) is 2. The molecule has 0 aliphatic rings. The van der Waals surface area contributed by atoms with Crippen LogP contribution in [0.2, 0.25) is 0 Å². The molecule has 0 aromatic carbocycles. The number of aliphatic hydroxyl groups excluding tert-OH is 2. The van der Waals surface area contributed by atoms with Gasteiger partial charge in [-0.1, -0.05) is 0 Å². The summed E-state index contributed by atoms with van der Waals surface area (Å²) in [6.07, 6.45) is -0.276. The molecule has 0 aliphatic heterocycles. The van der Waals surface area contributed by atoms with Gasteiger partial charge in [-0.2, -0.15) is 0 Å². The van der Waals surface area contributed by atoms with E-state index >= 15 is 0 Å². The number of aliphatic hydroxyl groups is 2. The zero-order chi connectivity index (χ0) is 10.6. The smallest absolute Gasteiger partial charge is 0.220 e. The fraction of sp³-hybridized carbons (Fsp3) is 0.500. The van der Waals surface area contributed by atoms with Crippen LogP contribution < -0.4 is 5.73 Å². The Labute approximate surface area is 86.6 Å². The first-order valence-corrected chi connectivity index (χ1v) is 4.69. The molecule has 2 unspecified atom stereocenters. The number of halogens is 1. The summed E-state index contributed by atoms with van der Waals surface area (Å²) in [4.78, 5) is 7.47. The maximum Gasteiger partial charge on any atom is 0.220 e. The van der Waals surface area contributed by atoms with Crippen LogP contribution in [0.15, 0.2) is 12.3 Å². The monoisotopic (exact) mass is 217 g/mol. The van der Waals surface area contributed by atoms with Gasteiger partial charge in [-0.25, -0.2) is 9.97 Å². The summed E-state index contributed by atoms with van der Waals surface area (Å²) in [5.41, 5.74) is 5.63. The average Bonchev–Trinajstić information content (AvgIpc) is 2.17. The van der Waals surface area contributed by atoms with Crippen LogP contribution >= 0.6 is 11.6 Å². The largest absolute Gasteiger partial charge is 0.390 e. The van der Waals surface area contributed by atoms with Gasteiger partial charge < -0.3 is 15.9 Å². The molecule has 0 spiro atoms. The molecule has 1 aromatic heterocycles. The molecule has 0 radical (unpaired) electrons. The van der Waals surface area contributed by atoms with Crippen molar-refractivity contribution in [3.8, 4) is 0 Å². The summed E-state index contributed by atoms with van der Waals surface area (Å²) in [6, 6.07) is 1.50. The lowest BCUT2D eigenvalue weighted by Gasteiger charge is -2.15. The van der Waals surface area contributed by atoms with Gasteiger partial charge in [0.2, 0.25) is 5.95 Å². The van der Waals surface area contributed by atoms with E-state index in [1.807, 2.05) is 0 Å². The first kappa shape index (κ1) is 11.2. The molecule has 6 heteroatoms. The molecule has 4 N–H and O–H groups in total. The van der Waals surface area contributed by atoms with Gasteiger partial charge in [0.05, 0.1) is 11.8 Å². The van der Waals surface area contributed by atoms with Crippen molar-refractivity contribution in [2.45, 2.75) is 18.6 Å². The molecular formula is C8H12ClN3O2. The highest BCUT2D eigenvalue weighted by Gasteiger charge is 2.19. The number of nitrogens with two attached hydrogens (primary N) is 1. The van der Waals surface area contributed by atoms with E-state index in [9.17, 15) is 10.2 Å². The van der Waals surface area contributed by atoms with Gasteiger partial charge in [0.25, 0.3) is 0 Å². The van der Waals surface area contributed by atoms with E-state index in [0.29, 0.717) is 12.1 Å². The second kappa shape index (κ2) is 5.09. The van der Waals surface area contributed by atoms with Crippen LogP contribution in [0.25, 0.3) is 0 Å². The molecule has 0 saturated carbocycles. The Hall–Kier alpha value is -0.910. The molecule has 0 amide bonds. The molecule has 0 fully saturated rings. The summed E-state index contributed by atoms with van der Waals surface area (Å²) in [7, 11) is 0. The van der Waals surface area contributed by atoms with Crippen molar-refractivity contribution in [3.63, 3.8) is 0 Å². The Balaban J connectivity index is 2.73. The highest BCUT2D eigenvalue weighted by Crippen LogP contribution is 2.17. The van der Waals surface area contributed by atoms with Crippen molar-refractivity contribution >= 4 is 17.5 Å². The van der Waals surface area contributed by atoms with Crippen LogP contribution in [-0.2, 0) is 0 Å². The molecule has 1 heterocycles. The quantitative estimate of drug-likeness (QED) is 0.622. The standard InChI is InChI=1S/C8H12ClN3O2/c9-3-1-6(13)7(14)5-2-4-11-8(10)12-5/h2,4,6-7,13-14H,1,3H2,(H2,10,11,12). The lowest BCUT2D eigenvalue weighted by atomic mass is 10.1. The minimum atomic E-state index is -1.07. The minimum Gasteiger partial charge on any atom is -0.390 e. The normalized spacial score (nSPS) is 15.1. The van der Waals surface area contributed by atoms with Gasteiger partial charge in [-0.15, -0.1) is 11.6 Å². The molecule has 78 valence electrons. The van der Waals surface area contributed by atoms with Crippen LogP contribution in [0.1, 0.15) is 18.2 Å². The maximum atomic E-state index is 9.59. The summed E-state index contributed by atoms with van der Waals surface area (Å²) >= 11 is 5.43. The average molecular weight is 218 g/mol. The third kappa shape index (κ3) is 2.80. The third-order valence-electron chi connectivity index (χ3n) is 1.77. The van der Waals surface area contributed by atoms with Crippen molar-refractivity contribution in [1.82, 2.24) is 9.97 Å². The van der Waals surface area contributed by atoms with E-state index < -0.39 is 12.2 Å². The second-order valence-electron chi connectivity index (χ2n) is 2.83. The summed E-state index contributed by atoms with van der Waals surface area (Å²) in [6.45, 7) is 0. The van der Waals surface area contributed by atoms with Gasteiger partial charge in [0, 0.05) is 12.1 Å². The predicted molar refractivity (Wildman–Crippen MR) is 52.7 cm³/mol. The van der Waals surface area contributed by atoms with Crippen LogP contribution in [0, 0.1) is 0 Å². The minimum absolute atomic E-state index is 0.0691. The molecule has 14 heavy (non-hydrogen) atoms. The topological polar surface area (TPSA) is 92.3 Å². The van der Waals surface area contributed by atoms with Crippen molar-refractivity contribution in [2.75, 3.05) is 11.6 Å². The Kier molecular flexibility index (Phi) is 4.06. The van der Waals surface area contributed by atoms with Crippen molar-refractivity contribution < 1.29 is 10.2 Å². The second-order valence-corrected chi connectivity index (χ2v) is 3.21. The fourth-order valence-electron chi connectivity index (χ4n) is 1.02. The zero-order valence-electron chi connectivity index (χ0n) is 7.47. The Morgan fingerprint density at radius 2 is 2.21 bits per heavy atom. The molecular weight excluding hydrogens is 206 g/mol. The molecule has 0 aliphatic carbocycles. The highest BCUT2D eigenvalue weighted by atomic mass is 35.5. The zero-order valence-corrected chi connectivity index (χ0v) is 8.22. The fourth-order valence-corrected chi connectivity index (χ4v) is 1.24. The van der Waals surface area contributed by atoms with Gasteiger partial charge in [-0.3, -0.25) is 0 Å². The maximum absolute atomic E-state index is 9.59. The summed E-state index contributed by atoms with van der Waals surface area (Å²) in [5.74, 6) is 0.346. The van der Waals surface area contributed by atoms with Gasteiger partial charge >= 0.3 is 0 Å². The van der Waals surface area contributed by atoms with E-state index in [2.05, 4.69) is 9.97 Å². The molecule has 0 saturated heterocycles. The van der Waals surface area contributed by atoms with Crippen molar-refractivity contribution in [2.24, 2.45) is 0 Å². The summed E-state index contributed by atoms with van der Waals surface area (Å²) < 4.78 is 0. The molecule has 2 atom stereocenters. The molecule has 5 nitrogen and oxygen atoms in total. The van der Waals surface area contributed by atoms with E-state index in [-0.39, 0.29) is 11.8 Å². The Bertz CT molecular complexity index is 298. The lowest BCUT2D eigenvalue weighted by Crippen LogP contribution is -2.20. The third-order valence-corrected chi connectivity index (χ3v) is 1.99. The number of rotatable bonds is 4. The molecule has 1 aromatic rings. The van der Waals surface area contributed by atoms with E-state index in [4.69, 9.17) is 17.3 Å². The van der Waals surface area contributed by atoms with Gasteiger partial charge in [-0.05, 0) is 12.5 Å². The Morgan fingerprint density at radius 1 is 1.50 bits per heavy atom. The van der Waals surface area contributed by atoms with Crippen LogP contribution in [0.5, 0.6) is 0 Å². The number of hydrogen-bond donors (Lipinski definition) is 3. The van der Waals surface area contributed by atoms with E-state index in [1.165, 1.54) is 12.3 Å². The van der Waals surface area contributed by atoms with Crippen LogP contribution in [0.4, 0.5) is 5.95 Å². The summed E-state index contributed by atoms with van der Waals surface area (Å²) in [5, 5.41) is 19.0. The number of aromatic nitrogens is 2. The van der Waals surface area contributed by atoms with Crippen LogP contribution in [0.3, 0.4) is 0 Å². The van der Waals surface area contributed by atoms with Crippen molar-refractivity contribution in [1.29, 1.82) is 0 Å². The predicted octanol–water partition coefficient (Wildman–Crippen LogP) is 0.0820. The van der Waals surface area contributed by atoms with Gasteiger partial charge in [0.15, 0.2) is 0 Å². The number of hydrogen-bond acceptors (Lipinski definition) is 5. The number of alkyl halides is 1. The first-order valence-electron chi connectivity index (χ1n) is 4.15. The first-order chi connectivity index (χ1) is 6.65. The van der Waals surface area contributed by atoms with E-state index in [0.717, 1.165) is 0 Å². The molecule has 1 rings (SSSR count). The molecule has 0 bridgehead atoms. The Morgan fingerprint density at radius 3 is 2.79 bits per heavy atom. The SMILES string of the molecule is Nc1nccc(C(O)C(O)CCCl)n1. The van der Waals surface area contributed by atoms with Crippen LogP contribution in [-0.4, -0.2) is 32.2 Å².